The zero-order valence-electron chi connectivity index (χ0n) is 10.00. The number of thiophene rings is 1. The first kappa shape index (κ1) is 14.4. The number of allylic oxidation sites excluding steroid dienone is 1. The zero-order chi connectivity index (χ0) is 13.7. The van der Waals surface area contributed by atoms with Gasteiger partial charge in [0.05, 0.1) is 4.24 Å². The maximum absolute atomic E-state index is 12.0. The summed E-state index contributed by atoms with van der Waals surface area (Å²) in [6, 6.07) is 3.77. The number of aliphatic carboxylic acids is 1. The molecule has 1 aliphatic rings. The molecule has 6 heteroatoms. The molecule has 2 heterocycles. The third kappa shape index (κ3) is 3.99. The number of carboxylic acids is 1. The van der Waals surface area contributed by atoms with Crippen LogP contribution in [0.4, 0.5) is 0 Å². The van der Waals surface area contributed by atoms with Crippen molar-refractivity contribution in [3.63, 3.8) is 0 Å². The molecular weight excluding hydrogens is 300 g/mol. The van der Waals surface area contributed by atoms with Gasteiger partial charge < -0.3 is 5.11 Å². The van der Waals surface area contributed by atoms with Crippen LogP contribution in [0.2, 0.25) is 0 Å². The lowest BCUT2D eigenvalue weighted by Gasteiger charge is -2.14. The Labute approximate surface area is 123 Å². The maximum atomic E-state index is 12.0. The highest BCUT2D eigenvalue weighted by Gasteiger charge is 2.23. The smallest absolute Gasteiger partial charge is 0.341 e. The van der Waals surface area contributed by atoms with E-state index in [0.29, 0.717) is 4.24 Å². The van der Waals surface area contributed by atoms with Crippen molar-refractivity contribution in [3.05, 3.63) is 38.3 Å². The van der Waals surface area contributed by atoms with E-state index in [0.717, 1.165) is 22.8 Å². The number of hydrogen-bond donors (Lipinski definition) is 1. The Bertz CT molecular complexity index is 521. The molecule has 0 amide bonds. The fourth-order valence-electron chi connectivity index (χ4n) is 1.50. The fourth-order valence-corrected chi connectivity index (χ4v) is 4.74. The molecule has 0 bridgehead atoms. The third-order valence-corrected chi connectivity index (χ3v) is 5.82. The lowest BCUT2D eigenvalue weighted by Crippen LogP contribution is -2.13. The minimum Gasteiger partial charge on any atom is -0.477 e. The van der Waals surface area contributed by atoms with E-state index in [1.807, 2.05) is 17.5 Å². The molecule has 0 spiro atoms. The van der Waals surface area contributed by atoms with E-state index in [9.17, 15) is 14.7 Å². The molecule has 2 rings (SSSR count). The fraction of sp³-hybridized carbons (Fsp3) is 0.231. The number of hydrogen-bond acceptors (Lipinski definition) is 5. The van der Waals surface area contributed by atoms with E-state index >= 15 is 0 Å². The average Bonchev–Trinajstić information content (AvgIpc) is 2.90. The highest BCUT2D eigenvalue weighted by molar-refractivity contribution is 8.22. The van der Waals surface area contributed by atoms with E-state index in [1.54, 1.807) is 6.08 Å². The monoisotopic (exact) mass is 312 g/mol. The van der Waals surface area contributed by atoms with E-state index < -0.39 is 11.8 Å². The molecule has 19 heavy (non-hydrogen) atoms. The van der Waals surface area contributed by atoms with Crippen molar-refractivity contribution in [1.29, 1.82) is 0 Å². The Hall–Kier alpha value is -0.980. The van der Waals surface area contributed by atoms with Crippen LogP contribution in [0.15, 0.2) is 33.4 Å². The second-order valence-corrected chi connectivity index (χ2v) is 7.18. The van der Waals surface area contributed by atoms with Crippen LogP contribution in [0.1, 0.15) is 11.3 Å². The molecule has 0 unspecified atom stereocenters. The zero-order valence-corrected chi connectivity index (χ0v) is 12.4. The van der Waals surface area contributed by atoms with Crippen LogP contribution >= 0.6 is 34.9 Å². The van der Waals surface area contributed by atoms with Gasteiger partial charge >= 0.3 is 5.97 Å². The molecule has 1 saturated heterocycles. The second kappa shape index (κ2) is 6.98. The van der Waals surface area contributed by atoms with Gasteiger partial charge in [0.2, 0.25) is 0 Å². The van der Waals surface area contributed by atoms with Crippen molar-refractivity contribution in [2.24, 2.45) is 0 Å². The molecule has 0 aliphatic carbocycles. The van der Waals surface area contributed by atoms with Gasteiger partial charge in [-0.1, -0.05) is 6.07 Å². The lowest BCUT2D eigenvalue weighted by molar-refractivity contribution is -0.134. The summed E-state index contributed by atoms with van der Waals surface area (Å²) in [6.07, 6.45) is 4.05. The van der Waals surface area contributed by atoms with Crippen LogP contribution in [-0.2, 0) is 9.59 Å². The molecule has 1 aliphatic heterocycles. The Kier molecular flexibility index (Phi) is 5.30. The first-order chi connectivity index (χ1) is 9.18. The van der Waals surface area contributed by atoms with E-state index in [1.165, 1.54) is 40.9 Å². The molecule has 0 atom stereocenters. The summed E-state index contributed by atoms with van der Waals surface area (Å²) in [7, 11) is 0. The highest BCUT2D eigenvalue weighted by Crippen LogP contribution is 2.37. The molecule has 0 aromatic carbocycles. The van der Waals surface area contributed by atoms with Crippen LogP contribution in [0.25, 0.3) is 6.08 Å². The number of rotatable bonds is 4. The number of carboxylic acid groups (broad SMARTS) is 1. The van der Waals surface area contributed by atoms with Gasteiger partial charge in [-0.05, 0) is 41.5 Å². The van der Waals surface area contributed by atoms with Crippen molar-refractivity contribution in [1.82, 2.24) is 0 Å². The number of carbonyl (C=O) groups excluding carboxylic acids is 1. The summed E-state index contributed by atoms with van der Waals surface area (Å²) in [5.41, 5.74) is -0.0949. The molecule has 3 nitrogen and oxygen atoms in total. The van der Waals surface area contributed by atoms with Gasteiger partial charge in [-0.3, -0.25) is 4.79 Å². The van der Waals surface area contributed by atoms with E-state index in [4.69, 9.17) is 0 Å². The van der Waals surface area contributed by atoms with Crippen molar-refractivity contribution < 1.29 is 14.7 Å². The molecule has 1 fully saturated rings. The highest BCUT2D eigenvalue weighted by atomic mass is 32.2. The molecule has 0 saturated carbocycles. The largest absolute Gasteiger partial charge is 0.477 e. The predicted molar refractivity (Wildman–Crippen MR) is 82.6 cm³/mol. The molecule has 0 radical (unpaired) electrons. The normalized spacial score (nSPS) is 15.7. The quantitative estimate of drug-likeness (QED) is 0.524. The van der Waals surface area contributed by atoms with Gasteiger partial charge in [0.25, 0.3) is 0 Å². The van der Waals surface area contributed by atoms with Gasteiger partial charge in [-0.15, -0.1) is 34.9 Å². The SMILES string of the molecule is O=C(O)C(C(=O)C=Cc1cccs1)=C1SCCCS1. The molecule has 1 aromatic rings. The van der Waals surface area contributed by atoms with Crippen molar-refractivity contribution >= 4 is 52.7 Å². The van der Waals surface area contributed by atoms with Gasteiger partial charge in [0.15, 0.2) is 5.78 Å². The van der Waals surface area contributed by atoms with Crippen LogP contribution < -0.4 is 0 Å². The number of carbonyl (C=O) groups is 2. The first-order valence-electron chi connectivity index (χ1n) is 5.67. The average molecular weight is 312 g/mol. The minimum atomic E-state index is -1.14. The van der Waals surface area contributed by atoms with Gasteiger partial charge in [-0.2, -0.15) is 0 Å². The Balaban J connectivity index is 2.19. The number of ketones is 1. The standard InChI is InChI=1S/C13H12O3S3/c14-10(5-4-9-3-1-6-17-9)11(12(15)16)13-18-7-2-8-19-13/h1,3-6H,2,7-8H2,(H,15,16). The van der Waals surface area contributed by atoms with E-state index in [2.05, 4.69) is 0 Å². The third-order valence-electron chi connectivity index (χ3n) is 2.36. The maximum Gasteiger partial charge on any atom is 0.341 e. The number of thioether (sulfide) groups is 2. The molecular formula is C13H12O3S3. The molecule has 1 aromatic heterocycles. The summed E-state index contributed by atoms with van der Waals surface area (Å²) >= 11 is 4.43. The van der Waals surface area contributed by atoms with Crippen LogP contribution in [0.3, 0.4) is 0 Å². The Morgan fingerprint density at radius 1 is 1.26 bits per heavy atom. The molecule has 100 valence electrons. The summed E-state index contributed by atoms with van der Waals surface area (Å²) in [4.78, 5) is 24.2. The van der Waals surface area contributed by atoms with Crippen LogP contribution in [-0.4, -0.2) is 28.4 Å². The van der Waals surface area contributed by atoms with E-state index in [-0.39, 0.29) is 5.57 Å². The van der Waals surface area contributed by atoms with Gasteiger partial charge in [-0.25, -0.2) is 4.79 Å². The Morgan fingerprint density at radius 2 is 2.00 bits per heavy atom. The topological polar surface area (TPSA) is 54.4 Å². The summed E-state index contributed by atoms with van der Waals surface area (Å²) < 4.78 is 0.638. The van der Waals surface area contributed by atoms with Crippen molar-refractivity contribution in [3.8, 4) is 0 Å². The van der Waals surface area contributed by atoms with Crippen LogP contribution in [0, 0.1) is 0 Å². The van der Waals surface area contributed by atoms with Crippen molar-refractivity contribution in [2.75, 3.05) is 11.5 Å². The molecule has 1 N–H and O–H groups in total. The minimum absolute atomic E-state index is 0.0949. The van der Waals surface area contributed by atoms with Crippen molar-refractivity contribution in [2.45, 2.75) is 6.42 Å². The van der Waals surface area contributed by atoms with Crippen LogP contribution in [0.5, 0.6) is 0 Å². The lowest BCUT2D eigenvalue weighted by atomic mass is 10.2. The summed E-state index contributed by atoms with van der Waals surface area (Å²) in [6.45, 7) is 0. The van der Waals surface area contributed by atoms with Gasteiger partial charge in [0.1, 0.15) is 5.57 Å². The first-order valence-corrected chi connectivity index (χ1v) is 8.52. The summed E-state index contributed by atoms with van der Waals surface area (Å²) in [5.74, 6) is 0.178. The van der Waals surface area contributed by atoms with Gasteiger partial charge in [0, 0.05) is 4.88 Å². The Morgan fingerprint density at radius 3 is 2.58 bits per heavy atom. The second-order valence-electron chi connectivity index (χ2n) is 3.73. The predicted octanol–water partition coefficient (Wildman–Crippen LogP) is 3.50. The summed E-state index contributed by atoms with van der Waals surface area (Å²) in [5, 5.41) is 11.1.